The molecule has 0 amide bonds. The van der Waals surface area contributed by atoms with Crippen molar-refractivity contribution < 1.29 is 0 Å². The molecule has 3 rings (SSSR count). The van der Waals surface area contributed by atoms with Gasteiger partial charge in [-0.05, 0) is 29.8 Å². The molecular formula is C14H11BrClN3. The molecule has 96 valence electrons. The highest BCUT2D eigenvalue weighted by Gasteiger charge is 2.08. The van der Waals surface area contributed by atoms with Crippen molar-refractivity contribution in [2.45, 2.75) is 6.42 Å². The molecule has 0 fully saturated rings. The number of H-pyrrole nitrogens is 1. The summed E-state index contributed by atoms with van der Waals surface area (Å²) in [5.74, 6) is 0.877. The number of imidazole rings is 1. The summed E-state index contributed by atoms with van der Waals surface area (Å²) in [5, 5.41) is 0.614. The Morgan fingerprint density at radius 1 is 1.26 bits per heavy atom. The van der Waals surface area contributed by atoms with Crippen molar-refractivity contribution in [1.29, 1.82) is 0 Å². The Balaban J connectivity index is 2.00. The fourth-order valence-corrected chi connectivity index (χ4v) is 2.76. The molecule has 0 saturated heterocycles. The van der Waals surface area contributed by atoms with Gasteiger partial charge in [0.25, 0.3) is 0 Å². The normalized spacial score (nSPS) is 11.1. The molecule has 1 heterocycles. The third kappa shape index (κ3) is 2.60. The molecule has 0 aliphatic heterocycles. The third-order valence-electron chi connectivity index (χ3n) is 2.89. The third-order valence-corrected chi connectivity index (χ3v) is 3.60. The lowest BCUT2D eigenvalue weighted by atomic mass is 10.1. The van der Waals surface area contributed by atoms with E-state index < -0.39 is 0 Å². The van der Waals surface area contributed by atoms with Crippen LogP contribution >= 0.6 is 27.5 Å². The SMILES string of the molecule is Nc1cc(Cl)cc2[nH]c(Cc3cccc(Br)c3)nc12. The van der Waals surface area contributed by atoms with E-state index in [1.807, 2.05) is 18.2 Å². The van der Waals surface area contributed by atoms with Crippen LogP contribution in [0.15, 0.2) is 40.9 Å². The summed E-state index contributed by atoms with van der Waals surface area (Å²) < 4.78 is 1.06. The molecule has 3 nitrogen and oxygen atoms in total. The molecule has 0 aliphatic rings. The van der Waals surface area contributed by atoms with E-state index in [1.165, 1.54) is 5.56 Å². The zero-order valence-electron chi connectivity index (χ0n) is 9.95. The van der Waals surface area contributed by atoms with Crippen molar-refractivity contribution in [3.05, 3.63) is 57.3 Å². The molecule has 2 aromatic carbocycles. The second-order valence-electron chi connectivity index (χ2n) is 4.38. The number of aromatic nitrogens is 2. The van der Waals surface area contributed by atoms with Crippen LogP contribution in [-0.4, -0.2) is 9.97 Å². The number of hydrogen-bond acceptors (Lipinski definition) is 2. The molecule has 0 unspecified atom stereocenters. The summed E-state index contributed by atoms with van der Waals surface area (Å²) >= 11 is 9.44. The van der Waals surface area contributed by atoms with Crippen molar-refractivity contribution in [3.8, 4) is 0 Å². The first-order valence-corrected chi connectivity index (χ1v) is 6.97. The van der Waals surface area contributed by atoms with Gasteiger partial charge < -0.3 is 10.7 Å². The Morgan fingerprint density at radius 3 is 2.89 bits per heavy atom. The second-order valence-corrected chi connectivity index (χ2v) is 5.73. The van der Waals surface area contributed by atoms with E-state index in [4.69, 9.17) is 17.3 Å². The van der Waals surface area contributed by atoms with Crippen molar-refractivity contribution in [2.24, 2.45) is 0 Å². The fraction of sp³-hybridized carbons (Fsp3) is 0.0714. The van der Waals surface area contributed by atoms with Crippen LogP contribution in [0.1, 0.15) is 11.4 Å². The van der Waals surface area contributed by atoms with E-state index in [1.54, 1.807) is 6.07 Å². The van der Waals surface area contributed by atoms with Gasteiger partial charge in [-0.2, -0.15) is 0 Å². The smallest absolute Gasteiger partial charge is 0.112 e. The van der Waals surface area contributed by atoms with E-state index in [-0.39, 0.29) is 0 Å². The number of hydrogen-bond donors (Lipinski definition) is 2. The molecule has 0 bridgehead atoms. The van der Waals surface area contributed by atoms with Crippen molar-refractivity contribution in [2.75, 3.05) is 5.73 Å². The van der Waals surface area contributed by atoms with Gasteiger partial charge in [0.15, 0.2) is 0 Å². The Labute approximate surface area is 123 Å². The Hall–Kier alpha value is -1.52. The van der Waals surface area contributed by atoms with E-state index in [0.717, 1.165) is 27.8 Å². The lowest BCUT2D eigenvalue weighted by Crippen LogP contribution is -1.90. The van der Waals surface area contributed by atoms with Crippen molar-refractivity contribution >= 4 is 44.3 Å². The number of nitrogens with two attached hydrogens (primary N) is 1. The summed E-state index contributed by atoms with van der Waals surface area (Å²) in [4.78, 5) is 7.78. The first kappa shape index (κ1) is 12.5. The molecule has 3 aromatic rings. The standard InChI is InChI=1S/C14H11BrClN3/c15-9-3-1-2-8(4-9)5-13-18-12-7-10(16)6-11(17)14(12)19-13/h1-4,6-7H,5,17H2,(H,18,19). The number of nitrogen functional groups attached to an aromatic ring is 1. The zero-order chi connectivity index (χ0) is 13.4. The van der Waals surface area contributed by atoms with E-state index in [9.17, 15) is 0 Å². The molecule has 0 aliphatic carbocycles. The van der Waals surface area contributed by atoms with Crippen LogP contribution in [0.4, 0.5) is 5.69 Å². The minimum Gasteiger partial charge on any atom is -0.397 e. The van der Waals surface area contributed by atoms with Gasteiger partial charge in [-0.15, -0.1) is 0 Å². The monoisotopic (exact) mass is 335 g/mol. The lowest BCUT2D eigenvalue weighted by Gasteiger charge is -1.98. The quantitative estimate of drug-likeness (QED) is 0.691. The van der Waals surface area contributed by atoms with Crippen LogP contribution in [0.25, 0.3) is 11.0 Å². The Kier molecular flexibility index (Phi) is 3.21. The number of benzene rings is 2. The summed E-state index contributed by atoms with van der Waals surface area (Å²) in [6, 6.07) is 11.7. The molecule has 3 N–H and O–H groups in total. The average molecular weight is 337 g/mol. The molecule has 0 radical (unpaired) electrons. The topological polar surface area (TPSA) is 54.7 Å². The first-order chi connectivity index (χ1) is 9.11. The summed E-state index contributed by atoms with van der Waals surface area (Å²) in [7, 11) is 0. The predicted octanol–water partition coefficient (Wildman–Crippen LogP) is 4.15. The minimum absolute atomic E-state index is 0.597. The van der Waals surface area contributed by atoms with Crippen LogP contribution in [-0.2, 0) is 6.42 Å². The number of nitrogens with one attached hydrogen (secondary N) is 1. The number of fused-ring (bicyclic) bond motifs is 1. The number of anilines is 1. The lowest BCUT2D eigenvalue weighted by molar-refractivity contribution is 1.04. The molecule has 5 heteroatoms. The summed E-state index contributed by atoms with van der Waals surface area (Å²) in [6.07, 6.45) is 0.727. The van der Waals surface area contributed by atoms with Gasteiger partial charge in [0.05, 0.1) is 11.2 Å². The maximum absolute atomic E-state index is 5.98. The molecule has 0 saturated carbocycles. The predicted molar refractivity (Wildman–Crippen MR) is 82.5 cm³/mol. The van der Waals surface area contributed by atoms with Crippen LogP contribution in [0, 0.1) is 0 Å². The summed E-state index contributed by atoms with van der Waals surface area (Å²) in [5.41, 5.74) is 9.33. The van der Waals surface area contributed by atoms with E-state index in [0.29, 0.717) is 10.7 Å². The molecule has 1 aromatic heterocycles. The van der Waals surface area contributed by atoms with Gasteiger partial charge in [0, 0.05) is 15.9 Å². The van der Waals surface area contributed by atoms with Crippen LogP contribution in [0.3, 0.4) is 0 Å². The molecule has 0 spiro atoms. The van der Waals surface area contributed by atoms with Gasteiger partial charge >= 0.3 is 0 Å². The molecular weight excluding hydrogens is 326 g/mol. The highest BCUT2D eigenvalue weighted by molar-refractivity contribution is 9.10. The largest absolute Gasteiger partial charge is 0.397 e. The van der Waals surface area contributed by atoms with Gasteiger partial charge in [0.1, 0.15) is 11.3 Å². The number of aromatic amines is 1. The van der Waals surface area contributed by atoms with Gasteiger partial charge in [-0.3, -0.25) is 0 Å². The van der Waals surface area contributed by atoms with Crippen molar-refractivity contribution in [1.82, 2.24) is 9.97 Å². The minimum atomic E-state index is 0.597. The maximum Gasteiger partial charge on any atom is 0.112 e. The van der Waals surface area contributed by atoms with Gasteiger partial charge in [-0.1, -0.05) is 39.7 Å². The average Bonchev–Trinajstić information content (AvgIpc) is 2.71. The Morgan fingerprint density at radius 2 is 2.11 bits per heavy atom. The van der Waals surface area contributed by atoms with Crippen LogP contribution in [0.5, 0.6) is 0 Å². The highest BCUT2D eigenvalue weighted by atomic mass is 79.9. The number of rotatable bonds is 2. The second kappa shape index (κ2) is 4.87. The van der Waals surface area contributed by atoms with E-state index >= 15 is 0 Å². The first-order valence-electron chi connectivity index (χ1n) is 5.80. The number of nitrogens with zero attached hydrogens (tertiary/aromatic N) is 1. The maximum atomic E-state index is 5.98. The summed E-state index contributed by atoms with van der Waals surface area (Å²) in [6.45, 7) is 0. The van der Waals surface area contributed by atoms with Crippen LogP contribution in [0.2, 0.25) is 5.02 Å². The fourth-order valence-electron chi connectivity index (χ4n) is 2.08. The van der Waals surface area contributed by atoms with Crippen molar-refractivity contribution in [3.63, 3.8) is 0 Å². The van der Waals surface area contributed by atoms with Crippen LogP contribution < -0.4 is 5.73 Å². The molecule has 19 heavy (non-hydrogen) atoms. The molecule has 0 atom stereocenters. The number of halogens is 2. The van der Waals surface area contributed by atoms with E-state index in [2.05, 4.69) is 38.0 Å². The highest BCUT2D eigenvalue weighted by Crippen LogP contribution is 2.25. The van der Waals surface area contributed by atoms with Gasteiger partial charge in [0.2, 0.25) is 0 Å². The van der Waals surface area contributed by atoms with Gasteiger partial charge in [-0.25, -0.2) is 4.98 Å². The zero-order valence-corrected chi connectivity index (χ0v) is 12.3. The Bertz CT molecular complexity index is 752.